The minimum Gasteiger partial charge on any atom is -0.433 e. The van der Waals surface area contributed by atoms with Crippen molar-refractivity contribution >= 4 is 16.9 Å². The Hall–Kier alpha value is -2.63. The van der Waals surface area contributed by atoms with Crippen molar-refractivity contribution in [1.29, 1.82) is 0 Å². The van der Waals surface area contributed by atoms with E-state index in [-0.39, 0.29) is 5.82 Å². The molecule has 0 amide bonds. The minimum atomic E-state index is -0.438. The number of oxazole rings is 1. The van der Waals surface area contributed by atoms with Gasteiger partial charge in [0, 0.05) is 6.07 Å². The lowest BCUT2D eigenvalue weighted by atomic mass is 10.3. The summed E-state index contributed by atoms with van der Waals surface area (Å²) in [5.74, 6) is 0.388. The molecule has 2 aromatic heterocycles. The van der Waals surface area contributed by atoms with Crippen molar-refractivity contribution in [2.75, 3.05) is 0 Å². The second-order valence-corrected chi connectivity index (χ2v) is 3.88. The van der Waals surface area contributed by atoms with Gasteiger partial charge in [-0.15, -0.1) is 0 Å². The van der Waals surface area contributed by atoms with Crippen molar-refractivity contribution in [1.82, 2.24) is 9.55 Å². The Morgan fingerprint density at radius 2 is 2.06 bits per heavy atom. The Balaban J connectivity index is 2.17. The number of para-hydroxylation sites is 2. The van der Waals surface area contributed by atoms with Gasteiger partial charge in [0.25, 0.3) is 5.89 Å². The van der Waals surface area contributed by atoms with E-state index in [1.807, 2.05) is 24.3 Å². The fourth-order valence-corrected chi connectivity index (χ4v) is 1.88. The normalized spacial score (nSPS) is 10.9. The summed E-state index contributed by atoms with van der Waals surface area (Å²) < 4.78 is 7.02. The highest BCUT2D eigenvalue weighted by Crippen LogP contribution is 2.27. The molecule has 90 valence electrons. The molecule has 0 aliphatic heterocycles. The average Bonchev–Trinajstić information content (AvgIpc) is 2.91. The summed E-state index contributed by atoms with van der Waals surface area (Å²) >= 11 is 0. The quantitative estimate of drug-likeness (QED) is 0.512. The molecule has 18 heavy (non-hydrogen) atoms. The Bertz CT molecular complexity index is 709. The lowest BCUT2D eigenvalue weighted by Gasteiger charge is -1.96. The molecular formula is C12H9N3O3. The van der Waals surface area contributed by atoms with Gasteiger partial charge in [0.2, 0.25) is 0 Å². The molecule has 3 rings (SSSR count). The molecule has 0 aliphatic carbocycles. The summed E-state index contributed by atoms with van der Waals surface area (Å²) in [4.78, 5) is 14.6. The smallest absolute Gasteiger partial charge is 0.323 e. The molecule has 0 radical (unpaired) electrons. The van der Waals surface area contributed by atoms with Gasteiger partial charge in [0.05, 0.1) is 7.05 Å². The molecule has 0 aliphatic rings. The van der Waals surface area contributed by atoms with Gasteiger partial charge < -0.3 is 14.5 Å². The lowest BCUT2D eigenvalue weighted by molar-refractivity contribution is -0.391. The third-order valence-corrected chi connectivity index (χ3v) is 2.80. The summed E-state index contributed by atoms with van der Waals surface area (Å²) in [6.45, 7) is 0. The van der Waals surface area contributed by atoms with E-state index >= 15 is 0 Å². The predicted octanol–water partition coefficient (Wildman–Crippen LogP) is 2.74. The van der Waals surface area contributed by atoms with Crippen LogP contribution in [-0.4, -0.2) is 14.5 Å². The molecule has 0 bridgehead atoms. The number of nitrogens with zero attached hydrogens (tertiary/aromatic N) is 3. The molecule has 0 unspecified atom stereocenters. The highest BCUT2D eigenvalue weighted by Gasteiger charge is 2.20. The van der Waals surface area contributed by atoms with Gasteiger partial charge in [-0.1, -0.05) is 12.1 Å². The summed E-state index contributed by atoms with van der Waals surface area (Å²) in [5, 5.41) is 10.8. The molecule has 0 saturated heterocycles. The molecule has 3 aromatic rings. The Labute approximate surface area is 102 Å². The lowest BCUT2D eigenvalue weighted by Crippen LogP contribution is -1.98. The predicted molar refractivity (Wildman–Crippen MR) is 65.1 cm³/mol. The van der Waals surface area contributed by atoms with Crippen LogP contribution in [0.25, 0.3) is 22.7 Å². The van der Waals surface area contributed by atoms with Crippen LogP contribution in [0.3, 0.4) is 0 Å². The van der Waals surface area contributed by atoms with Crippen molar-refractivity contribution in [3.63, 3.8) is 0 Å². The molecule has 6 nitrogen and oxygen atoms in total. The second-order valence-electron chi connectivity index (χ2n) is 3.88. The minimum absolute atomic E-state index is 0.00672. The highest BCUT2D eigenvalue weighted by molar-refractivity contribution is 5.75. The molecule has 2 heterocycles. The molecule has 0 saturated carbocycles. The number of aromatic nitrogens is 2. The molecule has 0 spiro atoms. The Morgan fingerprint density at radius 1 is 1.28 bits per heavy atom. The fraction of sp³-hybridized carbons (Fsp3) is 0.0833. The highest BCUT2D eigenvalue weighted by atomic mass is 16.6. The standard InChI is InChI=1S/C12H9N3O3/c1-14-9(6-7-11(14)15(16)17)12-13-8-4-2-3-5-10(8)18-12/h2-7H,1H3. The SMILES string of the molecule is Cn1c(-c2nc3ccccc3o2)ccc1[N+](=O)[O-]. The van der Waals surface area contributed by atoms with Crippen LogP contribution in [0.15, 0.2) is 40.8 Å². The maximum Gasteiger partial charge on any atom is 0.323 e. The van der Waals surface area contributed by atoms with E-state index < -0.39 is 4.92 Å². The number of benzene rings is 1. The maximum atomic E-state index is 10.8. The number of rotatable bonds is 2. The third-order valence-electron chi connectivity index (χ3n) is 2.80. The number of hydrogen-bond donors (Lipinski definition) is 0. The number of hydrogen-bond acceptors (Lipinski definition) is 4. The van der Waals surface area contributed by atoms with Gasteiger partial charge in [-0.25, -0.2) is 9.55 Å². The zero-order valence-electron chi connectivity index (χ0n) is 9.53. The first-order valence-electron chi connectivity index (χ1n) is 5.33. The van der Waals surface area contributed by atoms with Crippen molar-refractivity contribution in [2.45, 2.75) is 0 Å². The van der Waals surface area contributed by atoms with E-state index in [9.17, 15) is 10.1 Å². The molecular weight excluding hydrogens is 234 g/mol. The first-order chi connectivity index (χ1) is 8.66. The van der Waals surface area contributed by atoms with E-state index in [0.717, 1.165) is 5.52 Å². The van der Waals surface area contributed by atoms with Gasteiger partial charge in [-0.2, -0.15) is 0 Å². The van der Waals surface area contributed by atoms with E-state index in [4.69, 9.17) is 4.42 Å². The van der Waals surface area contributed by atoms with Crippen LogP contribution in [0.5, 0.6) is 0 Å². The molecule has 1 aromatic carbocycles. The molecule has 0 N–H and O–H groups in total. The Kier molecular flexibility index (Phi) is 2.16. The van der Waals surface area contributed by atoms with Crippen LogP contribution in [-0.2, 0) is 7.05 Å². The summed E-state index contributed by atoms with van der Waals surface area (Å²) in [6, 6.07) is 10.4. The van der Waals surface area contributed by atoms with E-state index in [2.05, 4.69) is 4.98 Å². The van der Waals surface area contributed by atoms with Crippen LogP contribution >= 0.6 is 0 Å². The second kappa shape index (κ2) is 3.69. The summed E-state index contributed by atoms with van der Waals surface area (Å²) in [7, 11) is 1.61. The molecule has 0 fully saturated rings. The van der Waals surface area contributed by atoms with Gasteiger partial charge in [0.15, 0.2) is 11.3 Å². The first-order valence-corrected chi connectivity index (χ1v) is 5.33. The summed E-state index contributed by atoms with van der Waals surface area (Å²) in [5.41, 5.74) is 1.98. The van der Waals surface area contributed by atoms with Crippen LogP contribution in [0.1, 0.15) is 0 Å². The van der Waals surface area contributed by atoms with Crippen LogP contribution in [0, 0.1) is 10.1 Å². The van der Waals surface area contributed by atoms with E-state index in [0.29, 0.717) is 17.2 Å². The topological polar surface area (TPSA) is 74.1 Å². The fourth-order valence-electron chi connectivity index (χ4n) is 1.88. The van der Waals surface area contributed by atoms with Crippen LogP contribution in [0.4, 0.5) is 5.82 Å². The van der Waals surface area contributed by atoms with Crippen molar-refractivity contribution in [2.24, 2.45) is 7.05 Å². The van der Waals surface area contributed by atoms with E-state index in [1.54, 1.807) is 13.1 Å². The van der Waals surface area contributed by atoms with E-state index in [1.165, 1.54) is 10.6 Å². The average molecular weight is 243 g/mol. The zero-order chi connectivity index (χ0) is 12.7. The number of nitro groups is 1. The van der Waals surface area contributed by atoms with Crippen molar-refractivity contribution in [3.05, 3.63) is 46.5 Å². The van der Waals surface area contributed by atoms with Crippen LogP contribution in [0.2, 0.25) is 0 Å². The van der Waals surface area contributed by atoms with Crippen LogP contribution < -0.4 is 0 Å². The first kappa shape index (κ1) is 10.5. The Morgan fingerprint density at radius 3 is 2.72 bits per heavy atom. The zero-order valence-corrected chi connectivity index (χ0v) is 9.53. The van der Waals surface area contributed by atoms with Gasteiger partial charge in [-0.05, 0) is 23.1 Å². The van der Waals surface area contributed by atoms with Crippen molar-refractivity contribution < 1.29 is 9.34 Å². The largest absolute Gasteiger partial charge is 0.433 e. The third kappa shape index (κ3) is 1.46. The monoisotopic (exact) mass is 243 g/mol. The summed E-state index contributed by atoms with van der Waals surface area (Å²) in [6.07, 6.45) is 0. The van der Waals surface area contributed by atoms with Gasteiger partial charge >= 0.3 is 5.82 Å². The number of fused-ring (bicyclic) bond motifs is 1. The van der Waals surface area contributed by atoms with Crippen molar-refractivity contribution in [3.8, 4) is 11.6 Å². The van der Waals surface area contributed by atoms with Gasteiger partial charge in [0.1, 0.15) is 5.52 Å². The maximum absolute atomic E-state index is 10.8. The molecule has 6 heteroatoms. The molecule has 0 atom stereocenters. The van der Waals surface area contributed by atoms with Gasteiger partial charge in [-0.3, -0.25) is 0 Å².